The molecule has 1 aliphatic carbocycles. The molecule has 0 bridgehead atoms. The van der Waals surface area contributed by atoms with Crippen molar-refractivity contribution in [1.29, 1.82) is 0 Å². The molecular weight excluding hydrogens is 142 g/mol. The third kappa shape index (κ3) is 1.58. The molecule has 1 fully saturated rings. The molecule has 0 atom stereocenters. The molecule has 11 heavy (non-hydrogen) atoms. The Morgan fingerprint density at radius 3 is 2.91 bits per heavy atom. The van der Waals surface area contributed by atoms with Crippen LogP contribution < -0.4 is 10.5 Å². The van der Waals surface area contributed by atoms with Gasteiger partial charge in [0.2, 0.25) is 5.88 Å². The van der Waals surface area contributed by atoms with Crippen molar-refractivity contribution in [3.8, 4) is 5.88 Å². The Kier molecular flexibility index (Phi) is 1.38. The summed E-state index contributed by atoms with van der Waals surface area (Å²) in [5, 5.41) is 0. The predicted molar refractivity (Wildman–Crippen MR) is 40.1 cm³/mol. The quantitative estimate of drug-likeness (QED) is 0.672. The van der Waals surface area contributed by atoms with Gasteiger partial charge in [0, 0.05) is 0 Å². The van der Waals surface area contributed by atoms with E-state index in [9.17, 15) is 0 Å². The first-order valence-corrected chi connectivity index (χ1v) is 3.59. The maximum atomic E-state index is 5.40. The highest BCUT2D eigenvalue weighted by atomic mass is 16.5. The van der Waals surface area contributed by atoms with Gasteiger partial charge < -0.3 is 10.5 Å². The van der Waals surface area contributed by atoms with E-state index in [1.807, 2.05) is 0 Å². The van der Waals surface area contributed by atoms with Gasteiger partial charge in [0.25, 0.3) is 0 Å². The summed E-state index contributed by atoms with van der Waals surface area (Å²) in [6, 6.07) is 0. The molecule has 0 aromatic carbocycles. The van der Waals surface area contributed by atoms with Crippen LogP contribution >= 0.6 is 0 Å². The molecule has 0 amide bonds. The van der Waals surface area contributed by atoms with E-state index in [1.54, 1.807) is 6.20 Å². The molecule has 1 aromatic heterocycles. The lowest BCUT2D eigenvalue weighted by Gasteiger charge is -2.01. The molecule has 1 heterocycles. The molecule has 0 radical (unpaired) electrons. The molecule has 2 rings (SSSR count). The zero-order valence-corrected chi connectivity index (χ0v) is 6.03. The van der Waals surface area contributed by atoms with Crippen LogP contribution in [0, 0.1) is 0 Å². The Hall–Kier alpha value is -1.32. The molecule has 4 nitrogen and oxygen atoms in total. The van der Waals surface area contributed by atoms with Gasteiger partial charge >= 0.3 is 0 Å². The number of nitrogen functional groups attached to an aromatic ring is 1. The number of nitrogens with zero attached hydrogens (tertiary/aromatic N) is 2. The van der Waals surface area contributed by atoms with E-state index in [0.29, 0.717) is 17.8 Å². The zero-order chi connectivity index (χ0) is 7.68. The minimum atomic E-state index is 0.353. The maximum Gasteiger partial charge on any atom is 0.234 e. The fraction of sp³-hybridized carbons (Fsp3) is 0.429. The molecule has 0 unspecified atom stereocenters. The van der Waals surface area contributed by atoms with Crippen molar-refractivity contribution in [2.75, 3.05) is 5.73 Å². The summed E-state index contributed by atoms with van der Waals surface area (Å²) in [5.41, 5.74) is 5.40. The first-order chi connectivity index (χ1) is 5.34. The second kappa shape index (κ2) is 2.38. The van der Waals surface area contributed by atoms with Crippen molar-refractivity contribution in [1.82, 2.24) is 9.97 Å². The molecule has 1 aliphatic rings. The number of aromatic nitrogens is 2. The first-order valence-electron chi connectivity index (χ1n) is 3.59. The van der Waals surface area contributed by atoms with E-state index in [4.69, 9.17) is 10.5 Å². The number of anilines is 1. The molecular formula is C7H9N3O. The largest absolute Gasteiger partial charge is 0.473 e. The normalized spacial score (nSPS) is 16.4. The van der Waals surface area contributed by atoms with E-state index >= 15 is 0 Å². The lowest BCUT2D eigenvalue weighted by Crippen LogP contribution is -2.00. The monoisotopic (exact) mass is 151 g/mol. The minimum Gasteiger partial charge on any atom is -0.473 e. The average Bonchev–Trinajstić information content (AvgIpc) is 2.71. The van der Waals surface area contributed by atoms with E-state index in [0.717, 1.165) is 12.8 Å². The van der Waals surface area contributed by atoms with Gasteiger partial charge in [-0.05, 0) is 12.8 Å². The second-order valence-electron chi connectivity index (χ2n) is 2.60. The predicted octanol–water partition coefficient (Wildman–Crippen LogP) is 0.600. The molecule has 0 spiro atoms. The highest BCUT2D eigenvalue weighted by Crippen LogP contribution is 2.25. The standard InChI is InChI=1S/C7H9N3O/c8-6-3-9-4-7(10-6)11-5-1-2-5/h3-5H,1-2H2,(H2,8,10). The number of nitrogens with two attached hydrogens (primary N) is 1. The molecule has 1 saturated carbocycles. The van der Waals surface area contributed by atoms with Crippen LogP contribution in [-0.4, -0.2) is 16.1 Å². The topological polar surface area (TPSA) is 61.0 Å². The summed E-state index contributed by atoms with van der Waals surface area (Å²) in [7, 11) is 0. The third-order valence-corrected chi connectivity index (χ3v) is 1.44. The van der Waals surface area contributed by atoms with Gasteiger partial charge in [-0.2, -0.15) is 4.98 Å². The summed E-state index contributed by atoms with van der Waals surface area (Å²) in [5.74, 6) is 0.940. The fourth-order valence-corrected chi connectivity index (χ4v) is 0.776. The number of rotatable bonds is 2. The van der Waals surface area contributed by atoms with E-state index in [2.05, 4.69) is 9.97 Å². The second-order valence-corrected chi connectivity index (χ2v) is 2.60. The summed E-state index contributed by atoms with van der Waals surface area (Å²) < 4.78 is 5.35. The molecule has 2 N–H and O–H groups in total. The van der Waals surface area contributed by atoms with Crippen LogP contribution in [0.1, 0.15) is 12.8 Å². The Morgan fingerprint density at radius 1 is 1.45 bits per heavy atom. The van der Waals surface area contributed by atoms with Gasteiger partial charge in [-0.1, -0.05) is 0 Å². The Labute approximate surface area is 64.4 Å². The van der Waals surface area contributed by atoms with Gasteiger partial charge in [-0.3, -0.25) is 4.98 Å². The van der Waals surface area contributed by atoms with Crippen molar-refractivity contribution >= 4 is 5.82 Å². The molecule has 1 aromatic rings. The van der Waals surface area contributed by atoms with Crippen molar-refractivity contribution in [3.05, 3.63) is 12.4 Å². The lowest BCUT2D eigenvalue weighted by atomic mass is 10.6. The van der Waals surface area contributed by atoms with Gasteiger partial charge in [0.05, 0.1) is 12.4 Å². The van der Waals surface area contributed by atoms with Crippen molar-refractivity contribution in [3.63, 3.8) is 0 Å². The molecule has 58 valence electrons. The Balaban J connectivity index is 2.10. The zero-order valence-electron chi connectivity index (χ0n) is 6.03. The fourth-order valence-electron chi connectivity index (χ4n) is 0.776. The molecule has 0 saturated heterocycles. The Bertz CT molecular complexity index is 260. The van der Waals surface area contributed by atoms with E-state index in [1.165, 1.54) is 6.20 Å². The number of hydrogen-bond acceptors (Lipinski definition) is 4. The third-order valence-electron chi connectivity index (χ3n) is 1.44. The average molecular weight is 151 g/mol. The molecule has 4 heteroatoms. The van der Waals surface area contributed by atoms with Crippen molar-refractivity contribution in [2.45, 2.75) is 18.9 Å². The van der Waals surface area contributed by atoms with Crippen molar-refractivity contribution < 1.29 is 4.74 Å². The van der Waals surface area contributed by atoms with Gasteiger partial charge in [-0.15, -0.1) is 0 Å². The van der Waals surface area contributed by atoms with Crippen LogP contribution in [0.3, 0.4) is 0 Å². The smallest absolute Gasteiger partial charge is 0.234 e. The summed E-state index contributed by atoms with van der Waals surface area (Å²) >= 11 is 0. The van der Waals surface area contributed by atoms with Crippen molar-refractivity contribution in [2.24, 2.45) is 0 Å². The number of ether oxygens (including phenoxy) is 1. The van der Waals surface area contributed by atoms with Crippen LogP contribution in [0.5, 0.6) is 5.88 Å². The van der Waals surface area contributed by atoms with E-state index in [-0.39, 0.29) is 0 Å². The lowest BCUT2D eigenvalue weighted by molar-refractivity contribution is 0.290. The first kappa shape index (κ1) is 6.39. The highest BCUT2D eigenvalue weighted by Gasteiger charge is 2.23. The van der Waals surface area contributed by atoms with Gasteiger partial charge in [0.1, 0.15) is 11.9 Å². The summed E-state index contributed by atoms with van der Waals surface area (Å²) in [4.78, 5) is 7.80. The van der Waals surface area contributed by atoms with Gasteiger partial charge in [0.15, 0.2) is 0 Å². The van der Waals surface area contributed by atoms with E-state index < -0.39 is 0 Å². The minimum absolute atomic E-state index is 0.353. The maximum absolute atomic E-state index is 5.40. The Morgan fingerprint density at radius 2 is 2.27 bits per heavy atom. The van der Waals surface area contributed by atoms with Gasteiger partial charge in [-0.25, -0.2) is 0 Å². The molecule has 0 aliphatic heterocycles. The summed E-state index contributed by atoms with van der Waals surface area (Å²) in [6.07, 6.45) is 5.67. The summed E-state index contributed by atoms with van der Waals surface area (Å²) in [6.45, 7) is 0. The van der Waals surface area contributed by atoms with Crippen LogP contribution in [0.15, 0.2) is 12.4 Å². The van der Waals surface area contributed by atoms with Crippen LogP contribution in [0.2, 0.25) is 0 Å². The van der Waals surface area contributed by atoms with Crippen LogP contribution in [0.4, 0.5) is 5.82 Å². The van der Waals surface area contributed by atoms with Crippen LogP contribution in [0.25, 0.3) is 0 Å². The van der Waals surface area contributed by atoms with Crippen LogP contribution in [-0.2, 0) is 0 Å². The SMILES string of the molecule is Nc1cncc(OC2CC2)n1. The number of hydrogen-bond donors (Lipinski definition) is 1. The highest BCUT2D eigenvalue weighted by molar-refractivity contribution is 5.26.